The zero-order chi connectivity index (χ0) is 12.6. The number of nitrogens with one attached hydrogen (secondary N) is 1. The van der Waals surface area contributed by atoms with Gasteiger partial charge >= 0.3 is 0 Å². The Morgan fingerprint density at radius 3 is 2.59 bits per heavy atom. The normalized spacial score (nSPS) is 24.0. The molecule has 1 aliphatic rings. The van der Waals surface area contributed by atoms with Crippen LogP contribution in [-0.4, -0.2) is 18.9 Å². The van der Waals surface area contributed by atoms with E-state index < -0.39 is 11.6 Å². The molecule has 0 spiro atoms. The predicted octanol–water partition coefficient (Wildman–Crippen LogP) is 2.31. The molecule has 1 aromatic carbocycles. The van der Waals surface area contributed by atoms with Crippen molar-refractivity contribution in [3.8, 4) is 0 Å². The van der Waals surface area contributed by atoms with E-state index >= 15 is 0 Å². The maximum absolute atomic E-state index is 13.7. The second kappa shape index (κ2) is 4.53. The van der Waals surface area contributed by atoms with Crippen molar-refractivity contribution in [3.05, 3.63) is 34.9 Å². The molecule has 0 aromatic heterocycles. The van der Waals surface area contributed by atoms with Crippen LogP contribution in [0.25, 0.3) is 0 Å². The molecule has 2 nitrogen and oxygen atoms in total. The van der Waals surface area contributed by atoms with Crippen LogP contribution in [0.15, 0.2) is 12.1 Å². The second-order valence-electron chi connectivity index (χ2n) is 4.66. The van der Waals surface area contributed by atoms with Crippen LogP contribution in [0.2, 0.25) is 0 Å². The Morgan fingerprint density at radius 1 is 1.29 bits per heavy atom. The molecule has 4 heteroatoms. The van der Waals surface area contributed by atoms with Crippen LogP contribution < -0.4 is 5.32 Å². The fraction of sp³-hybridized carbons (Fsp3) is 0.462. The van der Waals surface area contributed by atoms with Gasteiger partial charge in [-0.05, 0) is 31.0 Å². The van der Waals surface area contributed by atoms with Gasteiger partial charge in [0.2, 0.25) is 0 Å². The summed E-state index contributed by atoms with van der Waals surface area (Å²) in [5.41, 5.74) is 0.0882. The van der Waals surface area contributed by atoms with Crippen molar-refractivity contribution < 1.29 is 13.6 Å². The Bertz CT molecular complexity index is 459. The molecule has 1 aliphatic heterocycles. The zero-order valence-corrected chi connectivity index (χ0v) is 9.89. The molecule has 0 amide bonds. The van der Waals surface area contributed by atoms with Crippen molar-refractivity contribution in [2.75, 3.05) is 13.1 Å². The number of benzene rings is 1. The smallest absolute Gasteiger partial charge is 0.170 e. The molecule has 1 N–H and O–H groups in total. The Morgan fingerprint density at radius 2 is 2.00 bits per heavy atom. The first-order chi connectivity index (χ1) is 8.02. The maximum Gasteiger partial charge on any atom is 0.170 e. The molecule has 1 fully saturated rings. The first kappa shape index (κ1) is 12.2. The number of hydrogen-bond acceptors (Lipinski definition) is 2. The van der Waals surface area contributed by atoms with E-state index in [1.165, 1.54) is 19.1 Å². The number of carbonyl (C=O) groups is 1. The average molecular weight is 239 g/mol. The van der Waals surface area contributed by atoms with Gasteiger partial charge < -0.3 is 5.32 Å². The SMILES string of the molecule is Cc1ccc(C(=O)C2CNCC2C)c(F)c1F. The van der Waals surface area contributed by atoms with Crippen LogP contribution in [0.4, 0.5) is 8.78 Å². The van der Waals surface area contributed by atoms with Gasteiger partial charge in [0.15, 0.2) is 17.4 Å². The summed E-state index contributed by atoms with van der Waals surface area (Å²) in [5, 5.41) is 3.08. The van der Waals surface area contributed by atoms with Gasteiger partial charge in [-0.15, -0.1) is 0 Å². The van der Waals surface area contributed by atoms with Gasteiger partial charge in [-0.2, -0.15) is 0 Å². The quantitative estimate of drug-likeness (QED) is 0.802. The number of Topliss-reactive ketones (excluding diaryl/α,β-unsaturated/α-hetero) is 1. The fourth-order valence-electron chi connectivity index (χ4n) is 2.20. The summed E-state index contributed by atoms with van der Waals surface area (Å²) in [7, 11) is 0. The lowest BCUT2D eigenvalue weighted by Crippen LogP contribution is -2.23. The first-order valence-electron chi connectivity index (χ1n) is 5.72. The lowest BCUT2D eigenvalue weighted by molar-refractivity contribution is 0.0902. The Hall–Kier alpha value is -1.29. The second-order valence-corrected chi connectivity index (χ2v) is 4.66. The molecule has 2 rings (SSSR count). The summed E-state index contributed by atoms with van der Waals surface area (Å²) < 4.78 is 27.1. The third-order valence-corrected chi connectivity index (χ3v) is 3.40. The highest BCUT2D eigenvalue weighted by Gasteiger charge is 2.32. The minimum Gasteiger partial charge on any atom is -0.316 e. The van der Waals surface area contributed by atoms with Crippen LogP contribution in [0.5, 0.6) is 0 Å². The van der Waals surface area contributed by atoms with Crippen LogP contribution >= 0.6 is 0 Å². The van der Waals surface area contributed by atoms with Gasteiger partial charge in [-0.25, -0.2) is 8.78 Å². The summed E-state index contributed by atoms with van der Waals surface area (Å²) >= 11 is 0. The van der Waals surface area contributed by atoms with E-state index in [9.17, 15) is 13.6 Å². The average Bonchev–Trinajstić information content (AvgIpc) is 2.72. The van der Waals surface area contributed by atoms with E-state index in [1.54, 1.807) is 0 Å². The summed E-state index contributed by atoms with van der Waals surface area (Å²) in [6.45, 7) is 4.69. The molecule has 1 aromatic rings. The van der Waals surface area contributed by atoms with Gasteiger partial charge in [-0.3, -0.25) is 4.79 Å². The lowest BCUT2D eigenvalue weighted by Gasteiger charge is -2.13. The van der Waals surface area contributed by atoms with Crippen molar-refractivity contribution in [1.82, 2.24) is 5.32 Å². The number of hydrogen-bond donors (Lipinski definition) is 1. The third-order valence-electron chi connectivity index (χ3n) is 3.40. The van der Waals surface area contributed by atoms with E-state index in [4.69, 9.17) is 0 Å². The van der Waals surface area contributed by atoms with Gasteiger partial charge in [0.25, 0.3) is 0 Å². The standard InChI is InChI=1S/C13H15F2NO/c1-7-3-4-9(12(15)11(7)14)13(17)10-6-16-5-8(10)2/h3-4,8,10,16H,5-6H2,1-2H3. The third kappa shape index (κ3) is 2.09. The first-order valence-corrected chi connectivity index (χ1v) is 5.72. The Kier molecular flexibility index (Phi) is 3.24. The molecule has 92 valence electrons. The number of rotatable bonds is 2. The summed E-state index contributed by atoms with van der Waals surface area (Å²) in [4.78, 5) is 12.1. The van der Waals surface area contributed by atoms with E-state index in [-0.39, 0.29) is 28.7 Å². The van der Waals surface area contributed by atoms with Gasteiger partial charge in [-0.1, -0.05) is 13.0 Å². The summed E-state index contributed by atoms with van der Waals surface area (Å²) in [6, 6.07) is 2.82. The molecule has 1 saturated heterocycles. The van der Waals surface area contributed by atoms with E-state index in [0.717, 1.165) is 6.54 Å². The molecule has 0 radical (unpaired) electrons. The number of halogens is 2. The minimum absolute atomic E-state index is 0.131. The van der Waals surface area contributed by atoms with E-state index in [2.05, 4.69) is 5.32 Å². The molecular weight excluding hydrogens is 224 g/mol. The molecule has 0 aliphatic carbocycles. The van der Waals surface area contributed by atoms with Crippen LogP contribution in [0.1, 0.15) is 22.8 Å². The van der Waals surface area contributed by atoms with Gasteiger partial charge in [0.05, 0.1) is 5.56 Å². The largest absolute Gasteiger partial charge is 0.316 e. The maximum atomic E-state index is 13.7. The summed E-state index contributed by atoms with van der Waals surface area (Å²) in [5.74, 6) is -2.35. The van der Waals surface area contributed by atoms with Crippen molar-refractivity contribution >= 4 is 5.78 Å². The molecule has 2 unspecified atom stereocenters. The molecular formula is C13H15F2NO. The number of aryl methyl sites for hydroxylation is 1. The van der Waals surface area contributed by atoms with Crippen molar-refractivity contribution in [2.24, 2.45) is 11.8 Å². The topological polar surface area (TPSA) is 29.1 Å². The lowest BCUT2D eigenvalue weighted by atomic mass is 9.89. The highest BCUT2D eigenvalue weighted by molar-refractivity contribution is 5.98. The molecule has 1 heterocycles. The van der Waals surface area contributed by atoms with Crippen LogP contribution in [0.3, 0.4) is 0 Å². The molecule has 0 saturated carbocycles. The van der Waals surface area contributed by atoms with Crippen molar-refractivity contribution in [1.29, 1.82) is 0 Å². The molecule has 0 bridgehead atoms. The number of ketones is 1. The predicted molar refractivity (Wildman–Crippen MR) is 60.9 cm³/mol. The minimum atomic E-state index is -1.02. The van der Waals surface area contributed by atoms with E-state index in [1.807, 2.05) is 6.92 Å². The molecule has 2 atom stereocenters. The number of carbonyl (C=O) groups excluding carboxylic acids is 1. The Labute approximate surface area is 99.0 Å². The van der Waals surface area contributed by atoms with Gasteiger partial charge in [0.1, 0.15) is 0 Å². The fourth-order valence-corrected chi connectivity index (χ4v) is 2.20. The van der Waals surface area contributed by atoms with Gasteiger partial charge in [0, 0.05) is 12.5 Å². The van der Waals surface area contributed by atoms with Crippen molar-refractivity contribution in [2.45, 2.75) is 13.8 Å². The Balaban J connectivity index is 2.34. The van der Waals surface area contributed by atoms with Crippen molar-refractivity contribution in [3.63, 3.8) is 0 Å². The van der Waals surface area contributed by atoms with Crippen LogP contribution in [0, 0.1) is 30.4 Å². The molecule has 17 heavy (non-hydrogen) atoms. The zero-order valence-electron chi connectivity index (χ0n) is 9.89. The monoisotopic (exact) mass is 239 g/mol. The van der Waals surface area contributed by atoms with Crippen LogP contribution in [-0.2, 0) is 0 Å². The highest BCUT2D eigenvalue weighted by atomic mass is 19.2. The summed E-state index contributed by atoms with van der Waals surface area (Å²) in [6.07, 6.45) is 0. The van der Waals surface area contributed by atoms with E-state index in [0.29, 0.717) is 6.54 Å². The highest BCUT2D eigenvalue weighted by Crippen LogP contribution is 2.24.